The van der Waals surface area contributed by atoms with Crippen molar-refractivity contribution >= 4 is 19.1 Å². The van der Waals surface area contributed by atoms with E-state index in [0.29, 0.717) is 0 Å². The minimum absolute atomic E-state index is 0.910. The van der Waals surface area contributed by atoms with E-state index < -0.39 is 8.07 Å². The summed E-state index contributed by atoms with van der Waals surface area (Å²) in [6.07, 6.45) is 1.85. The van der Waals surface area contributed by atoms with Crippen LogP contribution in [0.1, 0.15) is 5.56 Å². The third kappa shape index (κ3) is 3.23. The number of aromatic nitrogens is 2. The van der Waals surface area contributed by atoms with Gasteiger partial charge in [0, 0.05) is 22.8 Å². The topological polar surface area (TPSA) is 28.7 Å². The van der Waals surface area contributed by atoms with E-state index in [9.17, 15) is 0 Å². The molecule has 0 saturated carbocycles. The van der Waals surface area contributed by atoms with Gasteiger partial charge in [-0.3, -0.25) is 0 Å². The number of aromatic amines is 1. The van der Waals surface area contributed by atoms with Crippen molar-refractivity contribution in [2.45, 2.75) is 19.6 Å². The third-order valence-electron chi connectivity index (χ3n) is 3.14. The van der Waals surface area contributed by atoms with Gasteiger partial charge in [0.25, 0.3) is 0 Å². The SMILES string of the molecule is C[Si](C)(C)C#Cc1cnc2[nH]c(-c3ccccc3)cc2c1. The second-order valence-electron chi connectivity index (χ2n) is 6.21. The quantitative estimate of drug-likeness (QED) is 0.520. The maximum atomic E-state index is 4.49. The molecule has 2 heterocycles. The monoisotopic (exact) mass is 290 g/mol. The molecule has 3 rings (SSSR count). The van der Waals surface area contributed by atoms with Crippen molar-refractivity contribution in [3.63, 3.8) is 0 Å². The van der Waals surface area contributed by atoms with Crippen molar-refractivity contribution in [3.8, 4) is 22.7 Å². The summed E-state index contributed by atoms with van der Waals surface area (Å²) in [5.41, 5.74) is 7.54. The lowest BCUT2D eigenvalue weighted by atomic mass is 10.1. The third-order valence-corrected chi connectivity index (χ3v) is 4.01. The molecule has 0 spiro atoms. The fourth-order valence-corrected chi connectivity index (χ4v) is 2.64. The fraction of sp³-hybridized carbons (Fsp3) is 0.167. The van der Waals surface area contributed by atoms with Crippen LogP contribution in [-0.2, 0) is 0 Å². The number of hydrogen-bond acceptors (Lipinski definition) is 1. The zero-order valence-electron chi connectivity index (χ0n) is 12.6. The molecule has 1 aromatic carbocycles. The summed E-state index contributed by atoms with van der Waals surface area (Å²) < 4.78 is 0. The number of rotatable bonds is 1. The van der Waals surface area contributed by atoms with Crippen LogP contribution in [0.2, 0.25) is 19.6 Å². The number of pyridine rings is 1. The fourth-order valence-electron chi connectivity index (χ4n) is 2.12. The van der Waals surface area contributed by atoms with E-state index in [-0.39, 0.29) is 0 Å². The second kappa shape index (κ2) is 5.23. The Morgan fingerprint density at radius 1 is 1.05 bits per heavy atom. The summed E-state index contributed by atoms with van der Waals surface area (Å²) in [6.45, 7) is 6.74. The molecule has 0 aliphatic carbocycles. The van der Waals surface area contributed by atoms with Gasteiger partial charge in [-0.05, 0) is 17.7 Å². The standard InChI is InChI=1S/C18H18N2Si/c1-21(2,3)10-9-14-11-16-12-17(20-18(16)19-13-14)15-7-5-4-6-8-15/h4-8,11-13H,1-3H3,(H,19,20). The lowest BCUT2D eigenvalue weighted by molar-refractivity contribution is 1.32. The lowest BCUT2D eigenvalue weighted by Crippen LogP contribution is -2.16. The van der Waals surface area contributed by atoms with Crippen molar-refractivity contribution in [1.82, 2.24) is 9.97 Å². The zero-order valence-corrected chi connectivity index (χ0v) is 13.6. The highest BCUT2D eigenvalue weighted by Crippen LogP contribution is 2.23. The van der Waals surface area contributed by atoms with Crippen molar-refractivity contribution < 1.29 is 0 Å². The molecule has 0 saturated heterocycles. The van der Waals surface area contributed by atoms with Gasteiger partial charge in [-0.1, -0.05) is 55.9 Å². The van der Waals surface area contributed by atoms with Crippen LogP contribution in [0.5, 0.6) is 0 Å². The number of nitrogens with zero attached hydrogens (tertiary/aromatic N) is 1. The Balaban J connectivity index is 2.01. The average Bonchev–Trinajstić information content (AvgIpc) is 2.88. The van der Waals surface area contributed by atoms with Gasteiger partial charge in [0.1, 0.15) is 13.7 Å². The first kappa shape index (κ1) is 13.7. The molecular weight excluding hydrogens is 272 g/mol. The van der Waals surface area contributed by atoms with Gasteiger partial charge in [0.2, 0.25) is 0 Å². The molecule has 0 aliphatic heterocycles. The van der Waals surface area contributed by atoms with E-state index in [1.807, 2.05) is 24.4 Å². The summed E-state index contributed by atoms with van der Waals surface area (Å²) in [5, 5.41) is 1.11. The van der Waals surface area contributed by atoms with E-state index in [2.05, 4.69) is 65.3 Å². The van der Waals surface area contributed by atoms with E-state index in [1.165, 1.54) is 5.56 Å². The summed E-state index contributed by atoms with van der Waals surface area (Å²) in [7, 11) is -1.35. The predicted octanol–water partition coefficient (Wildman–Crippen LogP) is 4.46. The van der Waals surface area contributed by atoms with Gasteiger partial charge in [-0.25, -0.2) is 4.98 Å². The van der Waals surface area contributed by atoms with E-state index in [1.54, 1.807) is 0 Å². The van der Waals surface area contributed by atoms with Crippen LogP contribution in [0.25, 0.3) is 22.3 Å². The number of fused-ring (bicyclic) bond motifs is 1. The molecule has 0 fully saturated rings. The van der Waals surface area contributed by atoms with Gasteiger partial charge >= 0.3 is 0 Å². The highest BCUT2D eigenvalue weighted by molar-refractivity contribution is 6.83. The first-order valence-electron chi connectivity index (χ1n) is 7.09. The first-order valence-corrected chi connectivity index (χ1v) is 10.6. The lowest BCUT2D eigenvalue weighted by Gasteiger charge is -2.03. The van der Waals surface area contributed by atoms with Gasteiger partial charge in [-0.15, -0.1) is 5.54 Å². The Morgan fingerprint density at radius 2 is 1.81 bits per heavy atom. The molecule has 0 radical (unpaired) electrons. The molecule has 0 unspecified atom stereocenters. The Bertz CT molecular complexity index is 830. The van der Waals surface area contributed by atoms with Crippen molar-refractivity contribution in [3.05, 3.63) is 54.2 Å². The van der Waals surface area contributed by atoms with Crippen molar-refractivity contribution in [2.75, 3.05) is 0 Å². The Hall–Kier alpha value is -2.31. The molecule has 0 bridgehead atoms. The van der Waals surface area contributed by atoms with Crippen molar-refractivity contribution in [1.29, 1.82) is 0 Å². The highest BCUT2D eigenvalue weighted by atomic mass is 28.3. The van der Waals surface area contributed by atoms with Crippen LogP contribution in [0.15, 0.2) is 48.7 Å². The largest absolute Gasteiger partial charge is 0.339 e. The summed E-state index contributed by atoms with van der Waals surface area (Å²) in [5.74, 6) is 3.26. The molecule has 1 N–H and O–H groups in total. The summed E-state index contributed by atoms with van der Waals surface area (Å²) in [4.78, 5) is 7.85. The van der Waals surface area contributed by atoms with E-state index in [0.717, 1.165) is 22.3 Å². The molecule has 2 aromatic heterocycles. The Morgan fingerprint density at radius 3 is 2.52 bits per heavy atom. The summed E-state index contributed by atoms with van der Waals surface area (Å²) in [6, 6.07) is 14.5. The van der Waals surface area contributed by atoms with Gasteiger partial charge < -0.3 is 4.98 Å². The van der Waals surface area contributed by atoms with Gasteiger partial charge in [-0.2, -0.15) is 0 Å². The molecular formula is C18H18N2Si. The maximum Gasteiger partial charge on any atom is 0.137 e. The zero-order chi connectivity index (χ0) is 14.9. The predicted molar refractivity (Wildman–Crippen MR) is 91.8 cm³/mol. The van der Waals surface area contributed by atoms with Crippen molar-refractivity contribution in [2.24, 2.45) is 0 Å². The minimum Gasteiger partial charge on any atom is -0.339 e. The minimum atomic E-state index is -1.35. The van der Waals surface area contributed by atoms with Crippen LogP contribution >= 0.6 is 0 Å². The highest BCUT2D eigenvalue weighted by Gasteiger charge is 2.08. The van der Waals surface area contributed by atoms with Crippen LogP contribution < -0.4 is 0 Å². The smallest absolute Gasteiger partial charge is 0.137 e. The van der Waals surface area contributed by atoms with Crippen LogP contribution in [-0.4, -0.2) is 18.0 Å². The number of benzene rings is 1. The van der Waals surface area contributed by atoms with Gasteiger partial charge in [0.15, 0.2) is 0 Å². The van der Waals surface area contributed by atoms with E-state index >= 15 is 0 Å². The molecule has 3 aromatic rings. The number of nitrogens with one attached hydrogen (secondary N) is 1. The van der Waals surface area contributed by atoms with Gasteiger partial charge in [0.05, 0.1) is 0 Å². The van der Waals surface area contributed by atoms with E-state index in [4.69, 9.17) is 0 Å². The maximum absolute atomic E-state index is 4.49. The Kier molecular flexibility index (Phi) is 3.40. The molecule has 104 valence electrons. The molecule has 0 atom stereocenters. The van der Waals surface area contributed by atoms with Crippen LogP contribution in [0.3, 0.4) is 0 Å². The van der Waals surface area contributed by atoms with Crippen LogP contribution in [0.4, 0.5) is 0 Å². The molecule has 3 heteroatoms. The van der Waals surface area contributed by atoms with Crippen LogP contribution in [0, 0.1) is 11.5 Å². The molecule has 0 aliphatic rings. The molecule has 0 amide bonds. The number of H-pyrrole nitrogens is 1. The average molecular weight is 290 g/mol. The molecule has 21 heavy (non-hydrogen) atoms. The number of hydrogen-bond donors (Lipinski definition) is 1. The first-order chi connectivity index (χ1) is 10.0. The molecule has 2 nitrogen and oxygen atoms in total. The Labute approximate surface area is 126 Å². The summed E-state index contributed by atoms with van der Waals surface area (Å²) >= 11 is 0. The second-order valence-corrected chi connectivity index (χ2v) is 11.0. The normalized spacial score (nSPS) is 11.2.